The lowest BCUT2D eigenvalue weighted by molar-refractivity contribution is 0.269. The van der Waals surface area contributed by atoms with Crippen LogP contribution in [0.25, 0.3) is 0 Å². The van der Waals surface area contributed by atoms with Crippen molar-refractivity contribution in [1.29, 1.82) is 0 Å². The lowest BCUT2D eigenvalue weighted by Gasteiger charge is -2.37. The van der Waals surface area contributed by atoms with Crippen LogP contribution in [0.3, 0.4) is 0 Å². The van der Waals surface area contributed by atoms with E-state index in [1.165, 1.54) is 10.4 Å². The third-order valence-corrected chi connectivity index (χ3v) is 12.7. The maximum Gasteiger partial charge on any atom is 0.359 e. The molecule has 118 valence electrons. The van der Waals surface area contributed by atoms with Gasteiger partial charge in [0.1, 0.15) is 0 Å². The highest BCUT2D eigenvalue weighted by atomic mass is 28.4. The van der Waals surface area contributed by atoms with Gasteiger partial charge in [-0.1, -0.05) is 67.6 Å². The van der Waals surface area contributed by atoms with Gasteiger partial charge in [0, 0.05) is 6.61 Å². The van der Waals surface area contributed by atoms with Crippen molar-refractivity contribution in [3.8, 4) is 0 Å². The number of benzene rings is 2. The van der Waals surface area contributed by atoms with E-state index in [0.29, 0.717) is 6.61 Å². The molecule has 2 atom stereocenters. The summed E-state index contributed by atoms with van der Waals surface area (Å²) in [5.74, 6) is 0. The maximum absolute atomic E-state index is 6.84. The molecule has 0 saturated heterocycles. The van der Waals surface area contributed by atoms with Gasteiger partial charge in [0.25, 0.3) is 0 Å². The second kappa shape index (κ2) is 7.37. The van der Waals surface area contributed by atoms with Crippen molar-refractivity contribution >= 4 is 27.3 Å². The highest BCUT2D eigenvalue weighted by Crippen LogP contribution is 2.20. The monoisotopic (exact) mass is 330 g/mol. The van der Waals surface area contributed by atoms with Crippen LogP contribution in [-0.2, 0) is 8.54 Å². The average molecular weight is 331 g/mol. The molecule has 2 nitrogen and oxygen atoms in total. The molecule has 2 unspecified atom stereocenters. The van der Waals surface area contributed by atoms with Gasteiger partial charge < -0.3 is 8.54 Å². The molecule has 0 bridgehead atoms. The standard InChI is InChI=1S/C18H26O2Si2/c1-5-19-22(4,18-15-11-8-12-16-18)20-21(3,6-2)17-13-9-7-10-14-17/h7-16H,5-6H2,1-4H3. The van der Waals surface area contributed by atoms with Gasteiger partial charge in [-0.3, -0.25) is 0 Å². The fourth-order valence-corrected chi connectivity index (χ4v) is 10.8. The second-order valence-corrected chi connectivity index (χ2v) is 13.1. The molecular formula is C18H26O2Si2. The Bertz CT molecular complexity index is 576. The van der Waals surface area contributed by atoms with Crippen molar-refractivity contribution in [3.63, 3.8) is 0 Å². The highest BCUT2D eigenvalue weighted by molar-refractivity contribution is 6.95. The molecule has 0 amide bonds. The van der Waals surface area contributed by atoms with Gasteiger partial charge in [0.05, 0.1) is 0 Å². The third-order valence-electron chi connectivity index (χ3n) is 4.20. The molecule has 0 spiro atoms. The Morgan fingerprint density at radius 2 is 1.27 bits per heavy atom. The molecule has 4 heteroatoms. The predicted octanol–water partition coefficient (Wildman–Crippen LogP) is 3.52. The summed E-state index contributed by atoms with van der Waals surface area (Å²) in [4.78, 5) is 0. The Morgan fingerprint density at radius 1 is 0.773 bits per heavy atom. The van der Waals surface area contributed by atoms with Gasteiger partial charge in [0.15, 0.2) is 0 Å². The third kappa shape index (κ3) is 3.76. The van der Waals surface area contributed by atoms with Crippen LogP contribution in [0.15, 0.2) is 60.7 Å². The van der Waals surface area contributed by atoms with Crippen LogP contribution in [0.1, 0.15) is 13.8 Å². The first-order valence-corrected chi connectivity index (χ1v) is 12.9. The summed E-state index contributed by atoms with van der Waals surface area (Å²) < 4.78 is 13.0. The van der Waals surface area contributed by atoms with Gasteiger partial charge in [0.2, 0.25) is 8.32 Å². The Morgan fingerprint density at radius 3 is 1.73 bits per heavy atom. The minimum absolute atomic E-state index is 0.681. The summed E-state index contributed by atoms with van der Waals surface area (Å²) in [5, 5.41) is 2.55. The van der Waals surface area contributed by atoms with Crippen molar-refractivity contribution in [2.24, 2.45) is 0 Å². The summed E-state index contributed by atoms with van der Waals surface area (Å²) in [5.41, 5.74) is 0. The quantitative estimate of drug-likeness (QED) is 0.723. The zero-order valence-electron chi connectivity index (χ0n) is 14.0. The smallest absolute Gasteiger partial charge is 0.359 e. The molecule has 2 aromatic rings. The Labute approximate surface area is 136 Å². The van der Waals surface area contributed by atoms with E-state index in [4.69, 9.17) is 8.54 Å². The molecule has 0 fully saturated rings. The largest absolute Gasteiger partial charge is 0.429 e. The van der Waals surface area contributed by atoms with E-state index in [9.17, 15) is 0 Å². The molecule has 0 aromatic heterocycles. The first kappa shape index (κ1) is 17.2. The Hall–Kier alpha value is -1.21. The zero-order valence-corrected chi connectivity index (χ0v) is 16.0. The fraction of sp³-hybridized carbons (Fsp3) is 0.333. The first-order valence-electron chi connectivity index (χ1n) is 7.99. The fourth-order valence-electron chi connectivity index (χ4n) is 2.74. The SMILES string of the molecule is CCO[Si](C)(O[Si](C)(CC)c1ccccc1)c1ccccc1. The number of hydrogen-bond acceptors (Lipinski definition) is 2. The number of rotatable bonds is 7. The molecule has 2 aromatic carbocycles. The molecule has 0 N–H and O–H groups in total. The summed E-state index contributed by atoms with van der Waals surface area (Å²) in [6.45, 7) is 9.43. The van der Waals surface area contributed by atoms with Gasteiger partial charge in [-0.05, 0) is 36.4 Å². The molecule has 0 radical (unpaired) electrons. The van der Waals surface area contributed by atoms with E-state index < -0.39 is 16.9 Å². The van der Waals surface area contributed by atoms with Gasteiger partial charge >= 0.3 is 8.56 Å². The normalized spacial score (nSPS) is 16.7. The molecule has 0 aliphatic rings. The number of hydrogen-bond donors (Lipinski definition) is 0. The predicted molar refractivity (Wildman–Crippen MR) is 98.6 cm³/mol. The Kier molecular flexibility index (Phi) is 5.75. The summed E-state index contributed by atoms with van der Waals surface area (Å²) in [6, 6.07) is 22.1. The van der Waals surface area contributed by atoms with Crippen molar-refractivity contribution in [2.45, 2.75) is 33.0 Å². The van der Waals surface area contributed by atoms with Gasteiger partial charge in [-0.2, -0.15) is 0 Å². The van der Waals surface area contributed by atoms with Crippen LogP contribution in [0.2, 0.25) is 19.1 Å². The van der Waals surface area contributed by atoms with E-state index in [0.717, 1.165) is 6.04 Å². The van der Waals surface area contributed by atoms with Gasteiger partial charge in [-0.25, -0.2) is 0 Å². The molecular weight excluding hydrogens is 304 g/mol. The van der Waals surface area contributed by atoms with E-state index >= 15 is 0 Å². The average Bonchev–Trinajstić information content (AvgIpc) is 2.56. The van der Waals surface area contributed by atoms with Crippen molar-refractivity contribution in [2.75, 3.05) is 6.61 Å². The van der Waals surface area contributed by atoms with Crippen LogP contribution in [0.5, 0.6) is 0 Å². The van der Waals surface area contributed by atoms with Crippen molar-refractivity contribution < 1.29 is 8.54 Å². The van der Waals surface area contributed by atoms with E-state index in [1.54, 1.807) is 0 Å². The minimum atomic E-state index is -2.40. The molecule has 2 rings (SSSR count). The van der Waals surface area contributed by atoms with E-state index in [-0.39, 0.29) is 0 Å². The molecule has 0 saturated carbocycles. The van der Waals surface area contributed by atoms with Crippen LogP contribution in [-0.4, -0.2) is 23.5 Å². The van der Waals surface area contributed by atoms with Crippen LogP contribution < -0.4 is 10.4 Å². The van der Waals surface area contributed by atoms with Crippen LogP contribution in [0, 0.1) is 0 Å². The summed E-state index contributed by atoms with van der Waals surface area (Å²) in [7, 11) is -4.42. The summed E-state index contributed by atoms with van der Waals surface area (Å²) >= 11 is 0. The van der Waals surface area contributed by atoms with Crippen molar-refractivity contribution in [3.05, 3.63) is 60.7 Å². The second-order valence-electron chi connectivity index (χ2n) is 5.80. The van der Waals surface area contributed by atoms with Gasteiger partial charge in [-0.15, -0.1) is 0 Å². The van der Waals surface area contributed by atoms with Crippen LogP contribution in [0.4, 0.5) is 0 Å². The molecule has 0 aliphatic heterocycles. The van der Waals surface area contributed by atoms with E-state index in [1.807, 2.05) is 13.0 Å². The first-order chi connectivity index (χ1) is 10.5. The van der Waals surface area contributed by atoms with E-state index in [2.05, 4.69) is 74.6 Å². The highest BCUT2D eigenvalue weighted by Gasteiger charge is 2.42. The lowest BCUT2D eigenvalue weighted by Crippen LogP contribution is -2.62. The molecule has 0 aliphatic carbocycles. The molecule has 22 heavy (non-hydrogen) atoms. The maximum atomic E-state index is 6.84. The Balaban J connectivity index is 2.37. The van der Waals surface area contributed by atoms with Crippen LogP contribution >= 0.6 is 0 Å². The molecule has 0 heterocycles. The van der Waals surface area contributed by atoms with Crippen molar-refractivity contribution in [1.82, 2.24) is 0 Å². The lowest BCUT2D eigenvalue weighted by atomic mass is 10.4. The zero-order chi connectivity index (χ0) is 16.1. The minimum Gasteiger partial charge on any atom is -0.429 e. The topological polar surface area (TPSA) is 18.5 Å². The summed E-state index contributed by atoms with van der Waals surface area (Å²) in [6.07, 6.45) is 0.